The Bertz CT molecular complexity index is 811. The van der Waals surface area contributed by atoms with Crippen LogP contribution in [-0.4, -0.2) is 43.3 Å². The monoisotopic (exact) mass is 398 g/mol. The fourth-order valence-electron chi connectivity index (χ4n) is 4.01. The molecule has 6 heteroatoms. The van der Waals surface area contributed by atoms with Gasteiger partial charge in [-0.2, -0.15) is 0 Å². The molecule has 0 aromatic heterocycles. The normalized spacial score (nSPS) is 28.2. The highest BCUT2D eigenvalue weighted by Crippen LogP contribution is 2.46. The summed E-state index contributed by atoms with van der Waals surface area (Å²) in [5.41, 5.74) is 1.38. The SMILES string of the molecule is CC(=O)OC12CO[C@@](COCc3ccccc3)(CCO1)C2OCc1ccccc1. The van der Waals surface area contributed by atoms with Gasteiger partial charge >= 0.3 is 5.97 Å². The van der Waals surface area contributed by atoms with Crippen molar-refractivity contribution in [2.45, 2.75) is 44.1 Å². The topological polar surface area (TPSA) is 63.2 Å². The van der Waals surface area contributed by atoms with Gasteiger partial charge in [0.1, 0.15) is 12.2 Å². The number of ether oxygens (including phenoxy) is 5. The van der Waals surface area contributed by atoms with Crippen LogP contribution in [0.4, 0.5) is 0 Å². The summed E-state index contributed by atoms with van der Waals surface area (Å²) >= 11 is 0. The highest BCUT2D eigenvalue weighted by Gasteiger charge is 2.65. The van der Waals surface area contributed by atoms with E-state index in [1.807, 2.05) is 60.7 Å². The average molecular weight is 398 g/mol. The molecule has 2 unspecified atom stereocenters. The Morgan fingerprint density at radius 3 is 2.31 bits per heavy atom. The number of esters is 1. The van der Waals surface area contributed by atoms with Gasteiger partial charge in [-0.05, 0) is 11.1 Å². The lowest BCUT2D eigenvalue weighted by molar-refractivity contribution is -0.290. The van der Waals surface area contributed by atoms with Crippen molar-refractivity contribution in [3.63, 3.8) is 0 Å². The molecule has 0 radical (unpaired) electrons. The Labute approximate surface area is 170 Å². The van der Waals surface area contributed by atoms with Crippen LogP contribution in [0.25, 0.3) is 0 Å². The zero-order valence-corrected chi connectivity index (χ0v) is 16.5. The molecule has 2 bridgehead atoms. The van der Waals surface area contributed by atoms with Crippen LogP contribution < -0.4 is 0 Å². The van der Waals surface area contributed by atoms with Gasteiger partial charge in [0.2, 0.25) is 0 Å². The number of carbonyl (C=O) groups excluding carboxylic acids is 1. The number of carbonyl (C=O) groups is 1. The van der Waals surface area contributed by atoms with Gasteiger partial charge in [0.05, 0.1) is 26.4 Å². The summed E-state index contributed by atoms with van der Waals surface area (Å²) in [6.45, 7) is 3.06. The van der Waals surface area contributed by atoms with E-state index in [-0.39, 0.29) is 6.61 Å². The van der Waals surface area contributed by atoms with E-state index in [0.717, 1.165) is 11.1 Å². The third-order valence-corrected chi connectivity index (χ3v) is 5.34. The summed E-state index contributed by atoms with van der Waals surface area (Å²) in [7, 11) is 0. The molecule has 2 saturated heterocycles. The van der Waals surface area contributed by atoms with E-state index in [0.29, 0.717) is 32.8 Å². The van der Waals surface area contributed by atoms with Crippen LogP contribution in [-0.2, 0) is 41.7 Å². The zero-order chi connectivity index (χ0) is 20.2. The van der Waals surface area contributed by atoms with E-state index >= 15 is 0 Å². The van der Waals surface area contributed by atoms with Crippen LogP contribution >= 0.6 is 0 Å². The molecule has 0 spiro atoms. The molecular weight excluding hydrogens is 372 g/mol. The largest absolute Gasteiger partial charge is 0.428 e. The molecule has 2 fully saturated rings. The third-order valence-electron chi connectivity index (χ3n) is 5.34. The fourth-order valence-corrected chi connectivity index (χ4v) is 4.01. The minimum absolute atomic E-state index is 0.126. The van der Waals surface area contributed by atoms with E-state index in [4.69, 9.17) is 23.7 Å². The van der Waals surface area contributed by atoms with E-state index in [1.54, 1.807) is 0 Å². The highest BCUT2D eigenvalue weighted by atomic mass is 16.8. The molecule has 2 aromatic rings. The first-order chi connectivity index (χ1) is 14.1. The van der Waals surface area contributed by atoms with Gasteiger partial charge in [0, 0.05) is 13.3 Å². The van der Waals surface area contributed by atoms with Gasteiger partial charge in [-0.3, -0.25) is 4.79 Å². The van der Waals surface area contributed by atoms with E-state index in [2.05, 4.69) is 0 Å². The van der Waals surface area contributed by atoms with Crippen LogP contribution in [0.2, 0.25) is 0 Å². The van der Waals surface area contributed by atoms with Crippen LogP contribution in [0, 0.1) is 0 Å². The van der Waals surface area contributed by atoms with Crippen molar-refractivity contribution in [3.05, 3.63) is 71.8 Å². The van der Waals surface area contributed by atoms with Crippen LogP contribution in [0.3, 0.4) is 0 Å². The molecule has 0 aliphatic carbocycles. The number of hydrogen-bond donors (Lipinski definition) is 0. The predicted octanol–water partition coefficient (Wildman–Crippen LogP) is 3.24. The van der Waals surface area contributed by atoms with Crippen molar-refractivity contribution in [3.8, 4) is 0 Å². The van der Waals surface area contributed by atoms with Crippen LogP contribution in [0.15, 0.2) is 60.7 Å². The van der Waals surface area contributed by atoms with Gasteiger partial charge in [-0.25, -0.2) is 0 Å². The molecule has 2 aromatic carbocycles. The summed E-state index contributed by atoms with van der Waals surface area (Å²) in [6, 6.07) is 19.8. The summed E-state index contributed by atoms with van der Waals surface area (Å²) < 4.78 is 29.9. The van der Waals surface area contributed by atoms with E-state index < -0.39 is 23.5 Å². The lowest BCUT2D eigenvalue weighted by Gasteiger charge is -2.43. The number of hydrogen-bond acceptors (Lipinski definition) is 6. The second-order valence-corrected chi connectivity index (χ2v) is 7.51. The Kier molecular flexibility index (Phi) is 5.96. The molecule has 154 valence electrons. The molecule has 2 heterocycles. The Morgan fingerprint density at radius 2 is 1.66 bits per heavy atom. The summed E-state index contributed by atoms with van der Waals surface area (Å²) in [5.74, 6) is -1.67. The Balaban J connectivity index is 1.50. The second-order valence-electron chi connectivity index (χ2n) is 7.51. The van der Waals surface area contributed by atoms with Gasteiger partial charge in [0.25, 0.3) is 5.79 Å². The first-order valence-electron chi connectivity index (χ1n) is 9.87. The van der Waals surface area contributed by atoms with Gasteiger partial charge in [0.15, 0.2) is 6.10 Å². The lowest BCUT2D eigenvalue weighted by Crippen LogP contribution is -2.60. The van der Waals surface area contributed by atoms with Crippen LogP contribution in [0.5, 0.6) is 0 Å². The first-order valence-corrected chi connectivity index (χ1v) is 9.87. The molecule has 0 N–H and O–H groups in total. The molecule has 0 amide bonds. The van der Waals surface area contributed by atoms with Crippen molar-refractivity contribution in [1.82, 2.24) is 0 Å². The van der Waals surface area contributed by atoms with Crippen molar-refractivity contribution < 1.29 is 28.5 Å². The van der Waals surface area contributed by atoms with Gasteiger partial charge in [-0.15, -0.1) is 0 Å². The number of fused-ring (bicyclic) bond motifs is 2. The maximum atomic E-state index is 11.8. The average Bonchev–Trinajstić information content (AvgIpc) is 2.88. The minimum atomic E-state index is -1.24. The molecule has 3 atom stereocenters. The van der Waals surface area contributed by atoms with Gasteiger partial charge < -0.3 is 23.7 Å². The maximum Gasteiger partial charge on any atom is 0.305 e. The molecule has 29 heavy (non-hydrogen) atoms. The molecule has 0 saturated carbocycles. The van der Waals surface area contributed by atoms with E-state index in [1.165, 1.54) is 6.92 Å². The smallest absolute Gasteiger partial charge is 0.305 e. The van der Waals surface area contributed by atoms with Crippen molar-refractivity contribution in [2.75, 3.05) is 19.8 Å². The second kappa shape index (κ2) is 8.63. The Morgan fingerprint density at radius 1 is 1.00 bits per heavy atom. The quantitative estimate of drug-likeness (QED) is 0.636. The first kappa shape index (κ1) is 20.0. The number of rotatable bonds is 8. The predicted molar refractivity (Wildman–Crippen MR) is 105 cm³/mol. The van der Waals surface area contributed by atoms with Gasteiger partial charge in [-0.1, -0.05) is 60.7 Å². The van der Waals surface area contributed by atoms with Crippen molar-refractivity contribution in [1.29, 1.82) is 0 Å². The standard InChI is InChI=1S/C23H26O6/c1-18(24)29-23-17-28-22(12-13-27-23,16-25-14-19-8-4-2-5-9-19)21(23)26-15-20-10-6-3-7-11-20/h2-11,21H,12-17H2,1H3/t21?,22-,23?/m1/s1. The summed E-state index contributed by atoms with van der Waals surface area (Å²) in [5, 5.41) is 0. The molecular formula is C23H26O6. The lowest BCUT2D eigenvalue weighted by atomic mass is 9.88. The highest BCUT2D eigenvalue weighted by molar-refractivity contribution is 5.66. The van der Waals surface area contributed by atoms with Crippen LogP contribution in [0.1, 0.15) is 24.5 Å². The Hall–Kier alpha value is -2.25. The third kappa shape index (κ3) is 4.36. The summed E-state index contributed by atoms with van der Waals surface area (Å²) in [6.07, 6.45) is 0.0215. The van der Waals surface area contributed by atoms with Crippen molar-refractivity contribution in [2.24, 2.45) is 0 Å². The molecule has 2 aliphatic heterocycles. The minimum Gasteiger partial charge on any atom is -0.428 e. The molecule has 6 nitrogen and oxygen atoms in total. The molecule has 4 rings (SSSR count). The maximum absolute atomic E-state index is 11.8. The summed E-state index contributed by atoms with van der Waals surface area (Å²) in [4.78, 5) is 11.8. The number of benzene rings is 2. The fraction of sp³-hybridized carbons (Fsp3) is 0.435. The zero-order valence-electron chi connectivity index (χ0n) is 16.5. The van der Waals surface area contributed by atoms with Crippen molar-refractivity contribution >= 4 is 5.97 Å². The molecule has 2 aliphatic rings. The van der Waals surface area contributed by atoms with E-state index in [9.17, 15) is 4.79 Å².